The number of phenols is 3. The SMILES string of the molecule is CO[C@H]1C=CO[C@@]2(C)Oc3c(C)c(O)c4c(O)c(c(/C=N/N5CCN(C/C=C\c6ccccc6)CC5)c(O)c4c3C2=O)NC(=O)/C(C)=C\C=C/[C@H](C)[C@H](O)[C@@H](C)[C@@H](O)[C@@H](C)[C@H](OC(C)=O)[C@@H]1C. The zero-order valence-corrected chi connectivity index (χ0v) is 39.6. The molecule has 6 N–H and O–H groups in total. The molecule has 1 fully saturated rings. The van der Waals surface area contributed by atoms with Gasteiger partial charge >= 0.3 is 11.8 Å². The normalized spacial score (nSPS) is 29.2. The van der Waals surface area contributed by atoms with Crippen LogP contribution in [0.4, 0.5) is 5.69 Å². The molecule has 0 unspecified atom stereocenters. The second-order valence-electron chi connectivity index (χ2n) is 17.9. The van der Waals surface area contributed by atoms with E-state index in [1.165, 1.54) is 59.4 Å². The van der Waals surface area contributed by atoms with E-state index in [0.717, 1.165) is 12.1 Å². The van der Waals surface area contributed by atoms with Crippen molar-refractivity contribution in [1.82, 2.24) is 9.91 Å². The Morgan fingerprint density at radius 1 is 0.925 bits per heavy atom. The summed E-state index contributed by atoms with van der Waals surface area (Å²) in [6, 6.07) is 10.0. The summed E-state index contributed by atoms with van der Waals surface area (Å²) in [5, 5.41) is 67.6. The summed E-state index contributed by atoms with van der Waals surface area (Å²) < 4.78 is 23.7. The first-order chi connectivity index (χ1) is 31.8. The summed E-state index contributed by atoms with van der Waals surface area (Å²) >= 11 is 0. The van der Waals surface area contributed by atoms with E-state index in [1.807, 2.05) is 30.3 Å². The predicted molar refractivity (Wildman–Crippen MR) is 255 cm³/mol. The minimum Gasteiger partial charge on any atom is -0.507 e. The maximum Gasteiger partial charge on any atom is 0.312 e. The van der Waals surface area contributed by atoms with Crippen LogP contribution < -0.4 is 10.1 Å². The number of nitrogens with zero attached hydrogens (tertiary/aromatic N) is 3. The average molecular weight is 925 g/mol. The molecule has 5 bridgehead atoms. The van der Waals surface area contributed by atoms with Gasteiger partial charge in [-0.25, -0.2) is 0 Å². The van der Waals surface area contributed by atoms with Crippen LogP contribution in [0.2, 0.25) is 0 Å². The van der Waals surface area contributed by atoms with Gasteiger partial charge in [0, 0.05) is 93.9 Å². The number of ether oxygens (including phenoxy) is 4. The van der Waals surface area contributed by atoms with Crippen molar-refractivity contribution in [3.8, 4) is 23.0 Å². The standard InChI is InChI=1S/C51H64N4O12/c1-28-15-13-16-29(2)50(63)53-41-36(27-52-55-24-22-54(23-25-55)21-14-19-35-17-11-10-12-18-35)45(60)38-39(46(41)61)44(59)33(6)48-40(38)49(62)51(8,67-48)65-26-20-37(64-9)30(3)47(66-34(7)56)32(5)43(58)31(4)42(28)57/h10-20,26-28,30-32,37,42-43,47,57-61H,21-25H2,1-9H3,(H,53,63)/b15-13-,19-14-,26-20?,29-16-,52-27+/t28-,30+,31+,32+,37-,42-,43+,47+,51-/m0/s1. The molecule has 16 heteroatoms. The third-order valence-electron chi connectivity index (χ3n) is 13.2. The Bertz CT molecular complexity index is 2480. The lowest BCUT2D eigenvalue weighted by Gasteiger charge is -2.38. The Morgan fingerprint density at radius 3 is 2.27 bits per heavy atom. The van der Waals surface area contributed by atoms with Crippen molar-refractivity contribution in [3.63, 3.8) is 0 Å². The summed E-state index contributed by atoms with van der Waals surface area (Å²) in [6.45, 7) is 15.7. The van der Waals surface area contributed by atoms with Crippen LogP contribution in [0.25, 0.3) is 16.8 Å². The van der Waals surface area contributed by atoms with E-state index in [-0.39, 0.29) is 44.5 Å². The number of esters is 1. The minimum absolute atomic E-state index is 0.0504. The van der Waals surface area contributed by atoms with Gasteiger partial charge in [0.05, 0.1) is 53.0 Å². The molecule has 3 aromatic rings. The molecule has 0 saturated carbocycles. The molecule has 9 atom stereocenters. The molecule has 4 aliphatic rings. The lowest BCUT2D eigenvalue weighted by atomic mass is 9.78. The number of methoxy groups -OCH3 is 1. The highest BCUT2D eigenvalue weighted by Crippen LogP contribution is 2.55. The maximum absolute atomic E-state index is 14.6. The Kier molecular flexibility index (Phi) is 15.9. The molecular formula is C51H64N4O12. The van der Waals surface area contributed by atoms with Crippen molar-refractivity contribution < 1.29 is 58.9 Å². The van der Waals surface area contributed by atoms with Crippen molar-refractivity contribution in [2.24, 2.45) is 28.8 Å². The lowest BCUT2D eigenvalue weighted by Crippen LogP contribution is -2.46. The third-order valence-corrected chi connectivity index (χ3v) is 13.2. The molecule has 0 aromatic heterocycles. The Labute approximate surface area is 391 Å². The zero-order chi connectivity index (χ0) is 48.9. The van der Waals surface area contributed by atoms with Crippen molar-refractivity contribution in [3.05, 3.63) is 94.8 Å². The number of hydrogen-bond donors (Lipinski definition) is 6. The molecule has 4 heterocycles. The minimum atomic E-state index is -2.06. The molecule has 0 spiro atoms. The fraction of sp³-hybridized carbons (Fsp3) is 0.451. The van der Waals surface area contributed by atoms with E-state index in [1.54, 1.807) is 44.9 Å². The van der Waals surface area contributed by atoms with Gasteiger partial charge in [0.1, 0.15) is 23.4 Å². The van der Waals surface area contributed by atoms with Gasteiger partial charge < -0.3 is 49.8 Å². The second-order valence-corrected chi connectivity index (χ2v) is 17.9. The van der Waals surface area contributed by atoms with Gasteiger partial charge in [0.25, 0.3) is 11.7 Å². The van der Waals surface area contributed by atoms with Gasteiger partial charge in [-0.1, -0.05) is 88.4 Å². The molecule has 67 heavy (non-hydrogen) atoms. The van der Waals surface area contributed by atoms with E-state index in [0.29, 0.717) is 26.2 Å². The van der Waals surface area contributed by atoms with E-state index < -0.39 is 88.8 Å². The number of rotatable bonds is 7. The molecule has 7 rings (SSSR count). The number of piperazine rings is 1. The van der Waals surface area contributed by atoms with Crippen LogP contribution in [0.15, 0.2) is 77.6 Å². The summed E-state index contributed by atoms with van der Waals surface area (Å²) in [5.74, 6) is -8.44. The van der Waals surface area contributed by atoms with Crippen molar-refractivity contribution >= 4 is 46.4 Å². The molecule has 16 nitrogen and oxygen atoms in total. The van der Waals surface area contributed by atoms with Gasteiger partial charge in [-0.05, 0) is 25.5 Å². The number of ketones is 1. The number of phenolic OH excluding ortho intramolecular Hbond substituents is 3. The Hall–Kier alpha value is -6.20. The molecular weight excluding hydrogens is 861 g/mol. The van der Waals surface area contributed by atoms with Gasteiger partial charge in [0.15, 0.2) is 5.75 Å². The Balaban J connectivity index is 1.43. The van der Waals surface area contributed by atoms with Crippen LogP contribution in [-0.4, -0.2) is 129 Å². The number of aliphatic hydroxyl groups is 2. The molecule has 1 saturated heterocycles. The molecule has 0 aliphatic carbocycles. The van der Waals surface area contributed by atoms with E-state index in [9.17, 15) is 39.9 Å². The first kappa shape index (κ1) is 50.2. The van der Waals surface area contributed by atoms with Gasteiger partial charge in [0.2, 0.25) is 0 Å². The molecule has 4 aliphatic heterocycles. The smallest absolute Gasteiger partial charge is 0.312 e. The van der Waals surface area contributed by atoms with Gasteiger partial charge in [-0.2, -0.15) is 5.10 Å². The number of hydrazone groups is 1. The van der Waals surface area contributed by atoms with Crippen LogP contribution in [0, 0.1) is 30.6 Å². The van der Waals surface area contributed by atoms with E-state index >= 15 is 0 Å². The van der Waals surface area contributed by atoms with E-state index in [4.69, 9.17) is 18.9 Å². The van der Waals surface area contributed by atoms with Crippen LogP contribution in [0.3, 0.4) is 0 Å². The number of fused-ring (bicyclic) bond motifs is 14. The van der Waals surface area contributed by atoms with Crippen LogP contribution >= 0.6 is 0 Å². The molecule has 360 valence electrons. The zero-order valence-electron chi connectivity index (χ0n) is 39.6. The summed E-state index contributed by atoms with van der Waals surface area (Å²) in [6.07, 6.45) is 9.03. The van der Waals surface area contributed by atoms with Gasteiger partial charge in [-0.3, -0.25) is 24.3 Å². The van der Waals surface area contributed by atoms with E-state index in [2.05, 4.69) is 27.5 Å². The fourth-order valence-electron chi connectivity index (χ4n) is 8.95. The number of carbonyl (C=O) groups is 3. The second kappa shape index (κ2) is 21.2. The first-order valence-electron chi connectivity index (χ1n) is 22.6. The molecule has 1 amide bonds. The number of hydrogen-bond acceptors (Lipinski definition) is 15. The quantitative estimate of drug-likeness (QED) is 0.0652. The first-order valence-corrected chi connectivity index (χ1v) is 22.6. The number of anilines is 1. The lowest BCUT2D eigenvalue weighted by molar-refractivity contribution is -0.160. The fourth-order valence-corrected chi connectivity index (χ4v) is 8.95. The van der Waals surface area contributed by atoms with Crippen LogP contribution in [0.1, 0.15) is 75.5 Å². The number of Topliss-reactive ketones (excluding diaryl/α,β-unsaturated/α-hetero) is 1. The monoisotopic (exact) mass is 924 g/mol. The summed E-state index contributed by atoms with van der Waals surface area (Å²) in [4.78, 5) is 43.1. The number of carbonyl (C=O) groups excluding carboxylic acids is 3. The topological polar surface area (TPSA) is 220 Å². The highest BCUT2D eigenvalue weighted by atomic mass is 16.7. The summed E-state index contributed by atoms with van der Waals surface area (Å²) in [7, 11) is 1.44. The number of nitrogens with one attached hydrogen (secondary N) is 1. The largest absolute Gasteiger partial charge is 0.507 e. The van der Waals surface area contributed by atoms with Gasteiger partial charge in [-0.15, -0.1) is 0 Å². The third kappa shape index (κ3) is 10.7. The Morgan fingerprint density at radius 2 is 1.61 bits per heavy atom. The predicted octanol–water partition coefficient (Wildman–Crippen LogP) is 6.42. The number of allylic oxidation sites excluding steroid dienone is 2. The number of aromatic hydroxyl groups is 3. The molecule has 3 aromatic carbocycles. The van der Waals surface area contributed by atoms with Crippen molar-refractivity contribution in [2.45, 2.75) is 85.6 Å². The summed E-state index contributed by atoms with van der Waals surface area (Å²) in [5.41, 5.74) is 0.718. The number of benzene rings is 3. The highest BCUT2D eigenvalue weighted by Gasteiger charge is 2.50. The van der Waals surface area contributed by atoms with Crippen molar-refractivity contribution in [2.75, 3.05) is 45.2 Å². The van der Waals surface area contributed by atoms with Crippen LogP contribution in [0.5, 0.6) is 23.0 Å². The maximum atomic E-state index is 14.6. The van der Waals surface area contributed by atoms with Crippen LogP contribution in [-0.2, 0) is 23.8 Å². The average Bonchev–Trinajstić information content (AvgIpc) is 3.57. The highest BCUT2D eigenvalue weighted by molar-refractivity contribution is 6.23. The molecule has 0 radical (unpaired) electrons. The number of aliphatic hydroxyl groups excluding tert-OH is 2. The number of amides is 1. The van der Waals surface area contributed by atoms with Crippen molar-refractivity contribution in [1.29, 1.82) is 0 Å².